The summed E-state index contributed by atoms with van der Waals surface area (Å²) in [6.07, 6.45) is 17.7. The first-order valence-corrected chi connectivity index (χ1v) is 15.0. The smallest absolute Gasteiger partial charge is 0.340 e. The van der Waals surface area contributed by atoms with Crippen LogP contribution in [-0.4, -0.2) is 34.8 Å². The summed E-state index contributed by atoms with van der Waals surface area (Å²) in [5.41, 5.74) is 2.18. The van der Waals surface area contributed by atoms with Crippen LogP contribution >= 0.6 is 0 Å². The van der Waals surface area contributed by atoms with E-state index >= 15 is 0 Å². The second-order valence-electron chi connectivity index (χ2n) is 10.8. The van der Waals surface area contributed by atoms with Crippen molar-refractivity contribution in [1.29, 1.82) is 0 Å². The number of alkyl halides is 1. The van der Waals surface area contributed by atoms with Gasteiger partial charge in [-0.2, -0.15) is 0 Å². The largest absolute Gasteiger partial charge is 0.493 e. The quantitative estimate of drug-likeness (QED) is 0.153. The third kappa shape index (κ3) is 10.7. The zero-order valence-corrected chi connectivity index (χ0v) is 23.5. The summed E-state index contributed by atoms with van der Waals surface area (Å²) >= 11 is 0. The molecular formula is C32H47FN2O3. The lowest BCUT2D eigenvalue weighted by Crippen LogP contribution is -2.30. The van der Waals surface area contributed by atoms with Gasteiger partial charge in [0, 0.05) is 18.0 Å². The van der Waals surface area contributed by atoms with Crippen LogP contribution in [0, 0.1) is 5.92 Å². The lowest BCUT2D eigenvalue weighted by molar-refractivity contribution is -0.157. The third-order valence-electron chi connectivity index (χ3n) is 7.52. The Labute approximate surface area is 229 Å². The molecule has 0 saturated heterocycles. The van der Waals surface area contributed by atoms with Gasteiger partial charge in [0.15, 0.2) is 12.0 Å². The van der Waals surface area contributed by atoms with Crippen molar-refractivity contribution in [2.45, 2.75) is 122 Å². The van der Waals surface area contributed by atoms with Crippen LogP contribution in [0.15, 0.2) is 36.7 Å². The Morgan fingerprint density at radius 3 is 2.18 bits per heavy atom. The molecule has 0 radical (unpaired) electrons. The average molecular weight is 527 g/mol. The normalized spacial score (nSPS) is 18.2. The number of aromatic nitrogens is 2. The Kier molecular flexibility index (Phi) is 13.6. The van der Waals surface area contributed by atoms with Gasteiger partial charge >= 0.3 is 5.97 Å². The number of hydrogen-bond donors (Lipinski definition) is 0. The minimum Gasteiger partial charge on any atom is -0.493 e. The van der Waals surface area contributed by atoms with Gasteiger partial charge in [-0.05, 0) is 80.7 Å². The van der Waals surface area contributed by atoms with E-state index in [9.17, 15) is 9.18 Å². The molecular weight excluding hydrogens is 479 g/mol. The van der Waals surface area contributed by atoms with Crippen molar-refractivity contribution in [3.63, 3.8) is 0 Å². The summed E-state index contributed by atoms with van der Waals surface area (Å²) < 4.78 is 25.3. The first-order valence-electron chi connectivity index (χ1n) is 15.0. The average Bonchev–Trinajstić information content (AvgIpc) is 2.95. The SMILES string of the molecule is CCCCCCCCCc1cnc(-c2ccc(OCC3CCC(OC(=O)[C@H](F)CCCC)CC3)cc2)nc1. The van der Waals surface area contributed by atoms with Crippen molar-refractivity contribution in [2.75, 3.05) is 6.61 Å². The molecule has 0 aliphatic heterocycles. The topological polar surface area (TPSA) is 61.3 Å². The molecule has 5 nitrogen and oxygen atoms in total. The number of unbranched alkanes of at least 4 members (excludes halogenated alkanes) is 7. The Bertz CT molecular complexity index is 911. The zero-order valence-electron chi connectivity index (χ0n) is 23.5. The number of rotatable bonds is 17. The summed E-state index contributed by atoms with van der Waals surface area (Å²) in [7, 11) is 0. The van der Waals surface area contributed by atoms with Crippen molar-refractivity contribution < 1.29 is 18.7 Å². The predicted molar refractivity (Wildman–Crippen MR) is 151 cm³/mol. The molecule has 6 heteroatoms. The highest BCUT2D eigenvalue weighted by Crippen LogP contribution is 2.28. The van der Waals surface area contributed by atoms with Gasteiger partial charge in [0.05, 0.1) is 6.61 Å². The lowest BCUT2D eigenvalue weighted by atomic mass is 9.88. The molecule has 0 amide bonds. The number of halogens is 1. The summed E-state index contributed by atoms with van der Waals surface area (Å²) in [5.74, 6) is 1.29. The number of carbonyl (C=O) groups excluding carboxylic acids is 1. The number of carbonyl (C=O) groups is 1. The van der Waals surface area contributed by atoms with Crippen LogP contribution in [0.5, 0.6) is 5.75 Å². The van der Waals surface area contributed by atoms with Crippen molar-refractivity contribution in [2.24, 2.45) is 5.92 Å². The molecule has 1 fully saturated rings. The maximum absolute atomic E-state index is 13.9. The number of esters is 1. The van der Waals surface area contributed by atoms with Crippen molar-refractivity contribution in [1.82, 2.24) is 9.97 Å². The Balaban J connectivity index is 1.33. The van der Waals surface area contributed by atoms with Gasteiger partial charge in [-0.1, -0.05) is 65.2 Å². The molecule has 0 bridgehead atoms. The zero-order chi connectivity index (χ0) is 27.0. The monoisotopic (exact) mass is 526 g/mol. The maximum Gasteiger partial charge on any atom is 0.340 e. The summed E-state index contributed by atoms with van der Waals surface area (Å²) in [6, 6.07) is 7.94. The standard InChI is InChI=1S/C32H47FN2O3/c1-3-5-7-8-9-10-11-12-26-22-34-31(35-23-26)27-16-20-28(21-17-27)37-24-25-14-18-29(19-15-25)38-32(36)30(33)13-6-4-2/h16-17,20-23,25,29-30H,3-15,18-19,24H2,1-2H3/t25?,29?,30-/m1/s1. The van der Waals surface area contributed by atoms with Gasteiger partial charge in [-0.25, -0.2) is 19.2 Å². The van der Waals surface area contributed by atoms with Crippen LogP contribution < -0.4 is 4.74 Å². The van der Waals surface area contributed by atoms with Gasteiger partial charge in [0.1, 0.15) is 11.9 Å². The van der Waals surface area contributed by atoms with Crippen LogP contribution in [0.1, 0.15) is 109 Å². The first kappa shape index (κ1) is 30.0. The molecule has 1 aliphatic carbocycles. The number of nitrogens with zero attached hydrogens (tertiary/aromatic N) is 2. The third-order valence-corrected chi connectivity index (χ3v) is 7.52. The van der Waals surface area contributed by atoms with Gasteiger partial charge in [0.25, 0.3) is 0 Å². The van der Waals surface area contributed by atoms with Crippen LogP contribution in [-0.2, 0) is 16.0 Å². The van der Waals surface area contributed by atoms with Gasteiger partial charge < -0.3 is 9.47 Å². The molecule has 1 aromatic carbocycles. The highest BCUT2D eigenvalue weighted by Gasteiger charge is 2.27. The molecule has 1 heterocycles. The minimum atomic E-state index is -1.49. The second-order valence-corrected chi connectivity index (χ2v) is 10.8. The number of ether oxygens (including phenoxy) is 2. The van der Waals surface area contributed by atoms with Crippen LogP contribution in [0.4, 0.5) is 4.39 Å². The van der Waals surface area contributed by atoms with E-state index in [1.165, 1.54) is 50.5 Å². The van der Waals surface area contributed by atoms with E-state index in [2.05, 4.69) is 16.9 Å². The first-order chi connectivity index (χ1) is 18.6. The van der Waals surface area contributed by atoms with E-state index in [1.54, 1.807) is 0 Å². The number of hydrogen-bond acceptors (Lipinski definition) is 5. The van der Waals surface area contributed by atoms with Gasteiger partial charge in [-0.15, -0.1) is 0 Å². The van der Waals surface area contributed by atoms with Gasteiger partial charge in [0.2, 0.25) is 0 Å². The maximum atomic E-state index is 13.9. The number of aryl methyl sites for hydroxylation is 1. The molecule has 1 atom stereocenters. The minimum absolute atomic E-state index is 0.167. The molecule has 38 heavy (non-hydrogen) atoms. The predicted octanol–water partition coefficient (Wildman–Crippen LogP) is 8.45. The molecule has 0 N–H and O–H groups in total. The number of benzene rings is 1. The summed E-state index contributed by atoms with van der Waals surface area (Å²) in [6.45, 7) is 4.87. The Morgan fingerprint density at radius 1 is 0.895 bits per heavy atom. The summed E-state index contributed by atoms with van der Waals surface area (Å²) in [4.78, 5) is 21.1. The van der Waals surface area contributed by atoms with Crippen molar-refractivity contribution in [3.05, 3.63) is 42.2 Å². The molecule has 1 saturated carbocycles. The lowest BCUT2D eigenvalue weighted by Gasteiger charge is -2.28. The highest BCUT2D eigenvalue weighted by atomic mass is 19.1. The molecule has 0 unspecified atom stereocenters. The van der Waals surface area contributed by atoms with Crippen LogP contribution in [0.25, 0.3) is 11.4 Å². The van der Waals surface area contributed by atoms with E-state index in [-0.39, 0.29) is 12.5 Å². The van der Waals surface area contributed by atoms with E-state index in [0.29, 0.717) is 18.9 Å². The molecule has 210 valence electrons. The summed E-state index contributed by atoms with van der Waals surface area (Å²) in [5, 5.41) is 0. The molecule has 2 aromatic rings. The van der Waals surface area contributed by atoms with Crippen LogP contribution in [0.3, 0.4) is 0 Å². The van der Waals surface area contributed by atoms with E-state index < -0.39 is 12.1 Å². The highest BCUT2D eigenvalue weighted by molar-refractivity contribution is 5.74. The van der Waals surface area contributed by atoms with E-state index in [0.717, 1.165) is 55.7 Å². The molecule has 1 aromatic heterocycles. The van der Waals surface area contributed by atoms with Gasteiger partial charge in [-0.3, -0.25) is 0 Å². The fraction of sp³-hybridized carbons (Fsp3) is 0.656. The van der Waals surface area contributed by atoms with Crippen molar-refractivity contribution >= 4 is 5.97 Å². The molecule has 1 aliphatic rings. The van der Waals surface area contributed by atoms with E-state index in [1.807, 2.05) is 43.6 Å². The molecule has 0 spiro atoms. The van der Waals surface area contributed by atoms with E-state index in [4.69, 9.17) is 9.47 Å². The second kappa shape index (κ2) is 17.2. The Hall–Kier alpha value is -2.50. The fourth-order valence-electron chi connectivity index (χ4n) is 4.99. The Morgan fingerprint density at radius 2 is 1.53 bits per heavy atom. The van der Waals surface area contributed by atoms with Crippen LogP contribution in [0.2, 0.25) is 0 Å². The molecule has 3 rings (SSSR count). The van der Waals surface area contributed by atoms with Crippen molar-refractivity contribution in [3.8, 4) is 17.1 Å². The fourth-order valence-corrected chi connectivity index (χ4v) is 4.99.